The fourth-order valence-corrected chi connectivity index (χ4v) is 4.07. The molecule has 2 aromatic heterocycles. The van der Waals surface area contributed by atoms with Crippen molar-refractivity contribution >= 4 is 40.6 Å². The Morgan fingerprint density at radius 1 is 1.00 bits per heavy atom. The molecule has 3 atom stereocenters. The summed E-state index contributed by atoms with van der Waals surface area (Å²) in [5.41, 5.74) is 19.2. The lowest BCUT2D eigenvalue weighted by atomic mass is 10.0. The van der Waals surface area contributed by atoms with Crippen molar-refractivity contribution in [1.82, 2.24) is 30.9 Å². The molecule has 214 valence electrons. The molecule has 0 saturated heterocycles. The third-order valence-electron chi connectivity index (χ3n) is 6.06. The Morgan fingerprint density at radius 3 is 2.45 bits per heavy atom. The number of aromatic amines is 2. The van der Waals surface area contributed by atoms with E-state index in [0.717, 1.165) is 16.5 Å². The number of carboxylic acid groups (broad SMARTS) is 1. The summed E-state index contributed by atoms with van der Waals surface area (Å²) >= 11 is 0. The van der Waals surface area contributed by atoms with E-state index in [2.05, 4.69) is 35.9 Å². The lowest BCUT2D eigenvalue weighted by molar-refractivity contribution is -0.138. The Morgan fingerprint density at radius 2 is 1.75 bits per heavy atom. The summed E-state index contributed by atoms with van der Waals surface area (Å²) in [7, 11) is 0. The summed E-state index contributed by atoms with van der Waals surface area (Å²) in [6.45, 7) is -0.421. The highest BCUT2D eigenvalue weighted by molar-refractivity contribution is 5.94. The summed E-state index contributed by atoms with van der Waals surface area (Å²) in [6, 6.07) is 4.41. The van der Waals surface area contributed by atoms with Crippen molar-refractivity contribution in [3.8, 4) is 0 Å². The number of rotatable bonds is 15. The number of aliphatic carboxylic acids is 1. The summed E-state index contributed by atoms with van der Waals surface area (Å²) in [6.07, 6.45) is 5.37. The van der Waals surface area contributed by atoms with Gasteiger partial charge in [-0.3, -0.25) is 24.2 Å². The molecular weight excluding hydrogens is 520 g/mol. The second-order valence-electron chi connectivity index (χ2n) is 9.13. The number of amides is 3. The van der Waals surface area contributed by atoms with Crippen LogP contribution < -0.4 is 33.2 Å². The molecule has 40 heavy (non-hydrogen) atoms. The van der Waals surface area contributed by atoms with Crippen molar-refractivity contribution in [2.75, 3.05) is 13.1 Å². The number of nitrogens with one attached hydrogen (secondary N) is 5. The Bertz CT molecular complexity index is 1330. The number of nitrogens with two attached hydrogens (primary N) is 3. The van der Waals surface area contributed by atoms with E-state index in [9.17, 15) is 19.2 Å². The average Bonchev–Trinajstić information content (AvgIpc) is 3.58. The normalized spacial score (nSPS) is 13.1. The van der Waals surface area contributed by atoms with Gasteiger partial charge in [-0.25, -0.2) is 4.98 Å². The highest BCUT2D eigenvalue weighted by Crippen LogP contribution is 2.19. The molecule has 3 unspecified atom stereocenters. The average molecular weight is 555 g/mol. The van der Waals surface area contributed by atoms with E-state index >= 15 is 0 Å². The molecule has 0 fully saturated rings. The first-order valence-corrected chi connectivity index (χ1v) is 12.6. The highest BCUT2D eigenvalue weighted by atomic mass is 16.4. The van der Waals surface area contributed by atoms with E-state index in [1.807, 2.05) is 24.3 Å². The zero-order valence-corrected chi connectivity index (χ0v) is 21.7. The fourth-order valence-electron chi connectivity index (χ4n) is 4.07. The van der Waals surface area contributed by atoms with Gasteiger partial charge >= 0.3 is 5.97 Å². The van der Waals surface area contributed by atoms with E-state index in [1.165, 1.54) is 12.5 Å². The predicted octanol–water partition coefficient (Wildman–Crippen LogP) is -1.77. The minimum atomic E-state index is -1.24. The first-order valence-electron chi connectivity index (χ1n) is 12.6. The number of guanidine groups is 1. The van der Waals surface area contributed by atoms with Gasteiger partial charge in [0.15, 0.2) is 5.96 Å². The van der Waals surface area contributed by atoms with Crippen molar-refractivity contribution in [2.24, 2.45) is 22.2 Å². The van der Waals surface area contributed by atoms with Gasteiger partial charge in [-0.1, -0.05) is 18.2 Å². The quantitative estimate of drug-likeness (QED) is 0.0584. The van der Waals surface area contributed by atoms with E-state index in [4.69, 9.17) is 22.3 Å². The molecule has 0 bridgehead atoms. The van der Waals surface area contributed by atoms with Gasteiger partial charge in [0.1, 0.15) is 18.6 Å². The molecule has 0 aliphatic carbocycles. The topological polar surface area (TPSA) is 259 Å². The molecule has 0 saturated carbocycles. The number of para-hydroxylation sites is 1. The van der Waals surface area contributed by atoms with Crippen LogP contribution in [0.5, 0.6) is 0 Å². The highest BCUT2D eigenvalue weighted by Gasteiger charge is 2.29. The first kappa shape index (κ1) is 29.6. The molecule has 1 aromatic carbocycles. The number of carbonyl (C=O) groups is 4. The Hall–Kier alpha value is -4.92. The number of benzene rings is 1. The van der Waals surface area contributed by atoms with Gasteiger partial charge in [-0.2, -0.15) is 0 Å². The SMILES string of the molecule is NC(N)=NCCCC(NC(=O)C(N)Cc1c[nH]c2ccccc12)C(=O)NC(Cc1cnc[nH]1)C(=O)NCC(=O)O. The second kappa shape index (κ2) is 14.3. The van der Waals surface area contributed by atoms with Crippen LogP contribution in [0.25, 0.3) is 10.9 Å². The fraction of sp³-hybridized carbons (Fsp3) is 0.360. The minimum Gasteiger partial charge on any atom is -0.480 e. The molecule has 15 nitrogen and oxygen atoms in total. The largest absolute Gasteiger partial charge is 0.480 e. The molecule has 0 radical (unpaired) electrons. The lowest BCUT2D eigenvalue weighted by Gasteiger charge is -2.24. The number of aliphatic imine (C=N–C) groups is 1. The monoisotopic (exact) mass is 554 g/mol. The van der Waals surface area contributed by atoms with Crippen LogP contribution in [0.2, 0.25) is 0 Å². The van der Waals surface area contributed by atoms with Crippen LogP contribution >= 0.6 is 0 Å². The number of carboxylic acids is 1. The number of hydrogen-bond donors (Lipinski definition) is 9. The van der Waals surface area contributed by atoms with Gasteiger partial charge in [0.05, 0.1) is 12.4 Å². The van der Waals surface area contributed by atoms with Crippen LogP contribution in [0.15, 0.2) is 48.0 Å². The molecule has 0 aliphatic rings. The van der Waals surface area contributed by atoms with Crippen LogP contribution in [0.3, 0.4) is 0 Å². The van der Waals surface area contributed by atoms with Crippen molar-refractivity contribution < 1.29 is 24.3 Å². The molecular formula is C25H34N10O5. The first-order chi connectivity index (χ1) is 19.1. The summed E-state index contributed by atoms with van der Waals surface area (Å²) in [5.74, 6) is -3.29. The number of carbonyl (C=O) groups excluding carboxylic acids is 3. The standard InChI is InChI=1S/C25H34N10O5/c26-17(8-14-10-31-18-5-2-1-4-16(14)18)22(38)34-19(6-3-7-30-25(27)28)24(40)35-20(9-15-11-29-13-33-15)23(39)32-12-21(36)37/h1-2,4-5,10-11,13,17,19-20,31H,3,6-9,12,26H2,(H,29,33)(H,32,39)(H,34,38)(H,35,40)(H,36,37)(H4,27,28,30). The molecule has 2 heterocycles. The molecule has 3 aromatic rings. The Labute approximate surface area is 229 Å². The summed E-state index contributed by atoms with van der Waals surface area (Å²) in [4.78, 5) is 63.8. The summed E-state index contributed by atoms with van der Waals surface area (Å²) in [5, 5.41) is 17.4. The van der Waals surface area contributed by atoms with Crippen molar-refractivity contribution in [1.29, 1.82) is 0 Å². The Kier molecular flexibility index (Phi) is 10.6. The smallest absolute Gasteiger partial charge is 0.322 e. The molecule has 3 rings (SSSR count). The Balaban J connectivity index is 1.72. The van der Waals surface area contributed by atoms with Gasteiger partial charge in [-0.15, -0.1) is 0 Å². The number of nitrogens with zero attached hydrogens (tertiary/aromatic N) is 2. The van der Waals surface area contributed by atoms with Gasteiger partial charge in [0, 0.05) is 42.0 Å². The number of aromatic nitrogens is 3. The van der Waals surface area contributed by atoms with Gasteiger partial charge in [-0.05, 0) is 30.9 Å². The number of H-pyrrole nitrogens is 2. The van der Waals surface area contributed by atoms with Crippen LogP contribution in [-0.2, 0) is 32.0 Å². The van der Waals surface area contributed by atoms with Crippen LogP contribution in [0.1, 0.15) is 24.1 Å². The van der Waals surface area contributed by atoms with Crippen LogP contribution in [0.4, 0.5) is 0 Å². The molecule has 0 aliphatic heterocycles. The van der Waals surface area contributed by atoms with Gasteiger partial charge in [0.2, 0.25) is 17.7 Å². The third kappa shape index (κ3) is 8.83. The van der Waals surface area contributed by atoms with E-state index in [1.54, 1.807) is 6.20 Å². The predicted molar refractivity (Wildman–Crippen MR) is 147 cm³/mol. The van der Waals surface area contributed by atoms with Crippen molar-refractivity contribution in [3.63, 3.8) is 0 Å². The number of imidazole rings is 1. The van der Waals surface area contributed by atoms with Gasteiger partial charge in [0.25, 0.3) is 0 Å². The second-order valence-corrected chi connectivity index (χ2v) is 9.13. The molecule has 12 N–H and O–H groups in total. The van der Waals surface area contributed by atoms with Crippen LogP contribution in [-0.4, -0.2) is 80.9 Å². The lowest BCUT2D eigenvalue weighted by Crippen LogP contribution is -2.56. The van der Waals surface area contributed by atoms with E-state index in [-0.39, 0.29) is 31.8 Å². The maximum atomic E-state index is 13.3. The maximum absolute atomic E-state index is 13.3. The zero-order chi connectivity index (χ0) is 29.1. The molecule has 3 amide bonds. The minimum absolute atomic E-state index is 0.00589. The third-order valence-corrected chi connectivity index (χ3v) is 6.06. The van der Waals surface area contributed by atoms with Crippen LogP contribution in [0, 0.1) is 0 Å². The zero-order valence-electron chi connectivity index (χ0n) is 21.7. The number of hydrogen-bond acceptors (Lipinski definition) is 7. The maximum Gasteiger partial charge on any atom is 0.322 e. The van der Waals surface area contributed by atoms with E-state index in [0.29, 0.717) is 12.1 Å². The number of fused-ring (bicyclic) bond motifs is 1. The van der Waals surface area contributed by atoms with Gasteiger partial charge < -0.3 is 48.2 Å². The van der Waals surface area contributed by atoms with Crippen molar-refractivity contribution in [2.45, 2.75) is 43.8 Å². The molecule has 15 heteroatoms. The molecule has 0 spiro atoms. The summed E-state index contributed by atoms with van der Waals surface area (Å²) < 4.78 is 0. The van der Waals surface area contributed by atoms with Crippen molar-refractivity contribution in [3.05, 3.63) is 54.2 Å². The van der Waals surface area contributed by atoms with E-state index < -0.39 is 48.4 Å².